The molecule has 1 saturated heterocycles. The lowest BCUT2D eigenvalue weighted by Gasteiger charge is -2.35. The van der Waals surface area contributed by atoms with Gasteiger partial charge in [-0.3, -0.25) is 9.48 Å². The number of aryl methyl sites for hydroxylation is 2. The minimum atomic E-state index is 0.00816. The molecule has 0 aliphatic carbocycles. The van der Waals surface area contributed by atoms with E-state index in [0.29, 0.717) is 44.1 Å². The molecule has 0 radical (unpaired) electrons. The van der Waals surface area contributed by atoms with Crippen molar-refractivity contribution in [3.05, 3.63) is 58.4 Å². The fraction of sp³-hybridized carbons (Fsp3) is 0.318. The summed E-state index contributed by atoms with van der Waals surface area (Å²) in [7, 11) is 1.87. The number of aromatic nitrogens is 5. The molecular formula is C22H23N7O2S. The molecule has 0 atom stereocenters. The van der Waals surface area contributed by atoms with E-state index in [4.69, 9.17) is 4.74 Å². The number of hydrogen-bond donors (Lipinski definition) is 0. The monoisotopic (exact) mass is 449 g/mol. The Bertz CT molecular complexity index is 1260. The van der Waals surface area contributed by atoms with Gasteiger partial charge in [0, 0.05) is 44.2 Å². The number of amides is 1. The number of rotatable bonds is 5. The zero-order valence-corrected chi connectivity index (χ0v) is 18.7. The topological polar surface area (TPSA) is 89.3 Å². The zero-order chi connectivity index (χ0) is 22.1. The summed E-state index contributed by atoms with van der Waals surface area (Å²) < 4.78 is 7.59. The number of thiazole rings is 1. The van der Waals surface area contributed by atoms with Gasteiger partial charge < -0.3 is 14.5 Å². The Kier molecular flexibility index (Phi) is 5.44. The molecule has 164 valence electrons. The van der Waals surface area contributed by atoms with Crippen LogP contribution in [-0.2, 0) is 13.7 Å². The number of fused-ring (bicyclic) bond motifs is 1. The Balaban J connectivity index is 1.23. The molecule has 10 heteroatoms. The molecule has 0 bridgehead atoms. The molecule has 1 aliphatic heterocycles. The Morgan fingerprint density at radius 2 is 2.03 bits per heavy atom. The number of piperazine rings is 1. The van der Waals surface area contributed by atoms with Crippen molar-refractivity contribution < 1.29 is 9.53 Å². The lowest BCUT2D eigenvalue weighted by Crippen LogP contribution is -2.49. The standard InChI is InChI=1S/C22H23N7O2S/c1-15-26-17(13-32-15)12-31-18-5-3-4-16(10-18)22(30)29-8-6-28(7-9-29)21-19-11-25-27(2)20(19)23-14-24-21/h3-5,10-11,13-14H,6-9,12H2,1-2H3. The van der Waals surface area contributed by atoms with Crippen LogP contribution in [0.15, 0.2) is 42.2 Å². The van der Waals surface area contributed by atoms with Crippen molar-refractivity contribution in [2.24, 2.45) is 7.05 Å². The number of hydrogen-bond acceptors (Lipinski definition) is 8. The Labute approximate surface area is 189 Å². The van der Waals surface area contributed by atoms with Gasteiger partial charge in [-0.15, -0.1) is 11.3 Å². The van der Waals surface area contributed by atoms with Gasteiger partial charge in [0.15, 0.2) is 5.65 Å². The molecule has 1 aliphatic rings. The Morgan fingerprint density at radius 1 is 1.19 bits per heavy atom. The minimum Gasteiger partial charge on any atom is -0.487 e. The first-order valence-electron chi connectivity index (χ1n) is 10.4. The lowest BCUT2D eigenvalue weighted by atomic mass is 10.1. The second kappa shape index (κ2) is 8.54. The number of anilines is 1. The predicted octanol–water partition coefficient (Wildman–Crippen LogP) is 2.67. The molecule has 9 nitrogen and oxygen atoms in total. The molecule has 1 amide bonds. The maximum Gasteiger partial charge on any atom is 0.254 e. The van der Waals surface area contributed by atoms with E-state index in [1.54, 1.807) is 34.6 Å². The van der Waals surface area contributed by atoms with Crippen LogP contribution >= 0.6 is 11.3 Å². The number of ether oxygens (including phenoxy) is 1. The Morgan fingerprint density at radius 3 is 2.81 bits per heavy atom. The highest BCUT2D eigenvalue weighted by Gasteiger charge is 2.24. The summed E-state index contributed by atoms with van der Waals surface area (Å²) in [6.07, 6.45) is 3.36. The largest absolute Gasteiger partial charge is 0.487 e. The highest BCUT2D eigenvalue weighted by Crippen LogP contribution is 2.24. The molecule has 0 saturated carbocycles. The maximum absolute atomic E-state index is 13.1. The summed E-state index contributed by atoms with van der Waals surface area (Å²) in [5.41, 5.74) is 2.33. The fourth-order valence-electron chi connectivity index (χ4n) is 3.86. The van der Waals surface area contributed by atoms with Crippen molar-refractivity contribution in [2.45, 2.75) is 13.5 Å². The van der Waals surface area contributed by atoms with Gasteiger partial charge in [-0.1, -0.05) is 6.07 Å². The van der Waals surface area contributed by atoms with E-state index in [1.165, 1.54) is 0 Å². The lowest BCUT2D eigenvalue weighted by molar-refractivity contribution is 0.0746. The van der Waals surface area contributed by atoms with Crippen LogP contribution in [0.2, 0.25) is 0 Å². The maximum atomic E-state index is 13.1. The molecule has 4 heterocycles. The first-order chi connectivity index (χ1) is 15.6. The van der Waals surface area contributed by atoms with E-state index >= 15 is 0 Å². The van der Waals surface area contributed by atoms with Crippen LogP contribution in [0.1, 0.15) is 21.1 Å². The molecular weight excluding hydrogens is 426 g/mol. The molecule has 32 heavy (non-hydrogen) atoms. The van der Waals surface area contributed by atoms with Crippen LogP contribution in [0.5, 0.6) is 5.75 Å². The quantitative estimate of drug-likeness (QED) is 0.463. The molecule has 3 aromatic heterocycles. The van der Waals surface area contributed by atoms with E-state index in [0.717, 1.165) is 27.6 Å². The highest BCUT2D eigenvalue weighted by molar-refractivity contribution is 7.09. The highest BCUT2D eigenvalue weighted by atomic mass is 32.1. The van der Waals surface area contributed by atoms with E-state index in [1.807, 2.05) is 42.5 Å². The summed E-state index contributed by atoms with van der Waals surface area (Å²) in [5.74, 6) is 1.54. The first-order valence-corrected chi connectivity index (χ1v) is 11.3. The van der Waals surface area contributed by atoms with Crippen LogP contribution in [0, 0.1) is 6.92 Å². The normalized spacial score (nSPS) is 14.2. The summed E-state index contributed by atoms with van der Waals surface area (Å²) >= 11 is 1.60. The van der Waals surface area contributed by atoms with Gasteiger partial charge in [0.1, 0.15) is 24.5 Å². The van der Waals surface area contributed by atoms with Crippen LogP contribution in [-0.4, -0.2) is 61.7 Å². The van der Waals surface area contributed by atoms with E-state index in [2.05, 4.69) is 25.0 Å². The van der Waals surface area contributed by atoms with Crippen LogP contribution in [0.3, 0.4) is 0 Å². The van der Waals surface area contributed by atoms with Crippen LogP contribution in [0.25, 0.3) is 11.0 Å². The van der Waals surface area contributed by atoms with E-state index < -0.39 is 0 Å². The second-order valence-electron chi connectivity index (χ2n) is 7.66. The summed E-state index contributed by atoms with van der Waals surface area (Å²) in [4.78, 5) is 30.3. The van der Waals surface area contributed by atoms with Crippen molar-refractivity contribution in [1.82, 2.24) is 29.6 Å². The van der Waals surface area contributed by atoms with Gasteiger partial charge in [-0.05, 0) is 25.1 Å². The number of benzene rings is 1. The van der Waals surface area contributed by atoms with Gasteiger partial charge >= 0.3 is 0 Å². The van der Waals surface area contributed by atoms with Crippen molar-refractivity contribution in [2.75, 3.05) is 31.1 Å². The summed E-state index contributed by atoms with van der Waals surface area (Å²) in [6.45, 7) is 5.00. The molecule has 1 aromatic carbocycles. The third-order valence-corrected chi connectivity index (χ3v) is 6.33. The SMILES string of the molecule is Cc1nc(COc2cccc(C(=O)N3CCN(c4ncnc5c4cnn5C)CC3)c2)cs1. The smallest absolute Gasteiger partial charge is 0.254 e. The fourth-order valence-corrected chi connectivity index (χ4v) is 4.45. The zero-order valence-electron chi connectivity index (χ0n) is 17.9. The van der Waals surface area contributed by atoms with E-state index in [9.17, 15) is 4.79 Å². The summed E-state index contributed by atoms with van der Waals surface area (Å²) in [6, 6.07) is 7.35. The van der Waals surface area contributed by atoms with E-state index in [-0.39, 0.29) is 5.91 Å². The number of carbonyl (C=O) groups is 1. The molecule has 4 aromatic rings. The first kappa shape index (κ1) is 20.4. The number of nitrogens with zero attached hydrogens (tertiary/aromatic N) is 7. The molecule has 1 fully saturated rings. The van der Waals surface area contributed by atoms with Gasteiger partial charge in [-0.25, -0.2) is 15.0 Å². The molecule has 0 unspecified atom stereocenters. The van der Waals surface area contributed by atoms with Crippen molar-refractivity contribution in [3.8, 4) is 5.75 Å². The van der Waals surface area contributed by atoms with Crippen LogP contribution in [0.4, 0.5) is 5.82 Å². The molecule has 0 N–H and O–H groups in total. The molecule has 0 spiro atoms. The predicted molar refractivity (Wildman–Crippen MR) is 122 cm³/mol. The van der Waals surface area contributed by atoms with Crippen LogP contribution < -0.4 is 9.64 Å². The van der Waals surface area contributed by atoms with Crippen molar-refractivity contribution in [3.63, 3.8) is 0 Å². The number of carbonyl (C=O) groups excluding carboxylic acids is 1. The third kappa shape index (κ3) is 4.01. The average molecular weight is 450 g/mol. The van der Waals surface area contributed by atoms with Gasteiger partial charge in [0.2, 0.25) is 0 Å². The average Bonchev–Trinajstić information content (AvgIpc) is 3.43. The van der Waals surface area contributed by atoms with Gasteiger partial charge in [0.05, 0.1) is 22.3 Å². The second-order valence-corrected chi connectivity index (χ2v) is 8.72. The van der Waals surface area contributed by atoms with Gasteiger partial charge in [0.25, 0.3) is 5.91 Å². The van der Waals surface area contributed by atoms with Crippen molar-refractivity contribution in [1.29, 1.82) is 0 Å². The molecule has 5 rings (SSSR count). The Hall–Kier alpha value is -3.53. The summed E-state index contributed by atoms with van der Waals surface area (Å²) in [5, 5.41) is 8.21. The van der Waals surface area contributed by atoms with Crippen molar-refractivity contribution >= 4 is 34.1 Å². The van der Waals surface area contributed by atoms with Gasteiger partial charge in [-0.2, -0.15) is 5.10 Å². The third-order valence-electron chi connectivity index (χ3n) is 5.51. The minimum absolute atomic E-state index is 0.00816.